The van der Waals surface area contributed by atoms with Crippen molar-refractivity contribution in [3.63, 3.8) is 0 Å². The van der Waals surface area contributed by atoms with Crippen LogP contribution in [0.1, 0.15) is 11.1 Å². The molecule has 0 saturated heterocycles. The summed E-state index contributed by atoms with van der Waals surface area (Å²) in [5.41, 5.74) is 3.70. The molecule has 0 bridgehead atoms. The monoisotopic (exact) mass is 464 g/mol. The molecule has 0 unspecified atom stereocenters. The van der Waals surface area contributed by atoms with Gasteiger partial charge in [0.25, 0.3) is 10.0 Å². The number of para-hydroxylation sites is 2. The summed E-state index contributed by atoms with van der Waals surface area (Å²) in [6.07, 6.45) is 0. The van der Waals surface area contributed by atoms with Crippen molar-refractivity contribution in [1.82, 2.24) is 9.97 Å². The van der Waals surface area contributed by atoms with Crippen molar-refractivity contribution in [1.29, 1.82) is 0 Å². The molecule has 170 valence electrons. The maximum atomic E-state index is 13.1. The lowest BCUT2D eigenvalue weighted by molar-refractivity contribution is 0.355. The van der Waals surface area contributed by atoms with Gasteiger partial charge < -0.3 is 14.8 Å². The largest absolute Gasteiger partial charge is 0.493 e. The zero-order valence-corrected chi connectivity index (χ0v) is 19.5. The molecule has 8 nitrogen and oxygen atoms in total. The Morgan fingerprint density at radius 3 is 2.06 bits per heavy atom. The van der Waals surface area contributed by atoms with Crippen molar-refractivity contribution < 1.29 is 17.9 Å². The van der Waals surface area contributed by atoms with E-state index in [2.05, 4.69) is 20.0 Å². The van der Waals surface area contributed by atoms with Crippen LogP contribution in [0.25, 0.3) is 11.0 Å². The molecule has 0 aliphatic carbocycles. The maximum Gasteiger partial charge on any atom is 0.263 e. The molecule has 0 radical (unpaired) electrons. The van der Waals surface area contributed by atoms with Gasteiger partial charge in [-0.3, -0.25) is 4.72 Å². The zero-order chi connectivity index (χ0) is 23.6. The predicted molar refractivity (Wildman–Crippen MR) is 129 cm³/mol. The highest BCUT2D eigenvalue weighted by molar-refractivity contribution is 7.92. The molecule has 4 aromatic rings. The number of hydrogen-bond acceptors (Lipinski definition) is 7. The quantitative estimate of drug-likeness (QED) is 0.405. The van der Waals surface area contributed by atoms with Gasteiger partial charge in [-0.05, 0) is 61.4 Å². The van der Waals surface area contributed by atoms with E-state index in [9.17, 15) is 8.42 Å². The molecule has 4 rings (SSSR count). The first kappa shape index (κ1) is 22.3. The number of methoxy groups -OCH3 is 2. The summed E-state index contributed by atoms with van der Waals surface area (Å²) in [6.45, 7) is 3.80. The number of benzene rings is 3. The number of hydrogen-bond donors (Lipinski definition) is 2. The Morgan fingerprint density at radius 2 is 1.42 bits per heavy atom. The van der Waals surface area contributed by atoms with Gasteiger partial charge in [-0.25, -0.2) is 18.4 Å². The highest BCUT2D eigenvalue weighted by Gasteiger charge is 2.20. The smallest absolute Gasteiger partial charge is 0.263 e. The lowest BCUT2D eigenvalue weighted by Gasteiger charge is -2.15. The Balaban J connectivity index is 1.77. The second-order valence-electron chi connectivity index (χ2n) is 7.46. The third-order valence-electron chi connectivity index (χ3n) is 5.24. The van der Waals surface area contributed by atoms with Gasteiger partial charge in [0.05, 0.1) is 30.1 Å². The first-order chi connectivity index (χ1) is 15.8. The van der Waals surface area contributed by atoms with Crippen LogP contribution in [0.15, 0.2) is 65.6 Å². The third kappa shape index (κ3) is 4.68. The van der Waals surface area contributed by atoms with E-state index in [0.29, 0.717) is 28.2 Å². The average Bonchev–Trinajstić information content (AvgIpc) is 2.80. The second-order valence-corrected chi connectivity index (χ2v) is 9.14. The maximum absolute atomic E-state index is 13.1. The van der Waals surface area contributed by atoms with Gasteiger partial charge in [0, 0.05) is 11.8 Å². The average molecular weight is 465 g/mol. The SMILES string of the molecule is COc1ccc(Nc2nc3ccccc3nc2NS(=O)(=O)c2ccc(C)c(C)c2)cc1OC. The lowest BCUT2D eigenvalue weighted by Crippen LogP contribution is -2.16. The van der Waals surface area contributed by atoms with E-state index in [0.717, 1.165) is 11.1 Å². The summed E-state index contributed by atoms with van der Waals surface area (Å²) in [5, 5.41) is 3.15. The van der Waals surface area contributed by atoms with Gasteiger partial charge in [0.15, 0.2) is 23.1 Å². The molecule has 0 amide bonds. The third-order valence-corrected chi connectivity index (χ3v) is 6.57. The number of aryl methyl sites for hydroxylation is 2. The van der Waals surface area contributed by atoms with Crippen LogP contribution in [0.2, 0.25) is 0 Å². The van der Waals surface area contributed by atoms with Crippen LogP contribution in [0.4, 0.5) is 17.3 Å². The molecule has 3 aromatic carbocycles. The van der Waals surface area contributed by atoms with E-state index >= 15 is 0 Å². The molecular weight excluding hydrogens is 440 g/mol. The van der Waals surface area contributed by atoms with E-state index in [1.54, 1.807) is 56.7 Å². The van der Waals surface area contributed by atoms with Crippen molar-refractivity contribution >= 4 is 38.4 Å². The Hall–Kier alpha value is -3.85. The molecule has 0 saturated carbocycles. The number of nitrogens with zero attached hydrogens (tertiary/aromatic N) is 2. The number of ether oxygens (including phenoxy) is 2. The number of anilines is 3. The van der Waals surface area contributed by atoms with Gasteiger partial charge in [0.2, 0.25) is 0 Å². The molecule has 1 heterocycles. The molecule has 1 aromatic heterocycles. The van der Waals surface area contributed by atoms with Crippen LogP contribution < -0.4 is 19.5 Å². The van der Waals surface area contributed by atoms with Crippen molar-refractivity contribution in [3.8, 4) is 11.5 Å². The van der Waals surface area contributed by atoms with Crippen LogP contribution in [0.3, 0.4) is 0 Å². The fourth-order valence-electron chi connectivity index (χ4n) is 3.28. The number of rotatable bonds is 7. The molecule has 0 aliphatic heterocycles. The minimum atomic E-state index is -3.90. The molecule has 9 heteroatoms. The highest BCUT2D eigenvalue weighted by atomic mass is 32.2. The van der Waals surface area contributed by atoms with Crippen LogP contribution in [-0.4, -0.2) is 32.6 Å². The van der Waals surface area contributed by atoms with E-state index < -0.39 is 10.0 Å². The van der Waals surface area contributed by atoms with Crippen LogP contribution in [0, 0.1) is 13.8 Å². The second kappa shape index (κ2) is 8.95. The molecule has 0 spiro atoms. The first-order valence-electron chi connectivity index (χ1n) is 10.2. The standard InChI is InChI=1S/C24H24N4O4S/c1-15-9-11-18(13-16(15)2)33(29,30)28-24-23(26-19-7-5-6-8-20(19)27-24)25-17-10-12-21(31-3)22(14-17)32-4/h5-14H,1-4H3,(H,25,26)(H,27,28). The van der Waals surface area contributed by atoms with E-state index in [-0.39, 0.29) is 16.5 Å². The van der Waals surface area contributed by atoms with Gasteiger partial charge in [-0.2, -0.15) is 0 Å². The van der Waals surface area contributed by atoms with E-state index in [4.69, 9.17) is 9.47 Å². The van der Waals surface area contributed by atoms with Crippen molar-refractivity contribution in [2.24, 2.45) is 0 Å². The van der Waals surface area contributed by atoms with Gasteiger partial charge in [-0.1, -0.05) is 18.2 Å². The molecular formula is C24H24N4O4S. The number of fused-ring (bicyclic) bond motifs is 1. The normalized spacial score (nSPS) is 11.3. The first-order valence-corrected chi connectivity index (χ1v) is 11.6. The number of aromatic nitrogens is 2. The van der Waals surface area contributed by atoms with Crippen LogP contribution in [0.5, 0.6) is 11.5 Å². The molecule has 0 atom stereocenters. The van der Waals surface area contributed by atoms with E-state index in [1.165, 1.54) is 0 Å². The molecule has 0 fully saturated rings. The van der Waals surface area contributed by atoms with Gasteiger partial charge in [0.1, 0.15) is 0 Å². The summed E-state index contributed by atoms with van der Waals surface area (Å²) in [7, 11) is -0.799. The highest BCUT2D eigenvalue weighted by Crippen LogP contribution is 2.33. The number of nitrogens with one attached hydrogen (secondary N) is 2. The summed E-state index contributed by atoms with van der Waals surface area (Å²) in [4.78, 5) is 9.28. The predicted octanol–water partition coefficient (Wildman–Crippen LogP) is 4.81. The molecule has 33 heavy (non-hydrogen) atoms. The summed E-state index contributed by atoms with van der Waals surface area (Å²) in [6, 6.07) is 17.5. The van der Waals surface area contributed by atoms with Crippen molar-refractivity contribution in [3.05, 3.63) is 71.8 Å². The molecule has 2 N–H and O–H groups in total. The van der Waals surface area contributed by atoms with E-state index in [1.807, 2.05) is 32.0 Å². The minimum absolute atomic E-state index is 0.0849. The van der Waals surface area contributed by atoms with Crippen LogP contribution in [-0.2, 0) is 10.0 Å². The molecule has 0 aliphatic rings. The fourth-order valence-corrected chi connectivity index (χ4v) is 4.37. The van der Waals surface area contributed by atoms with Crippen LogP contribution >= 0.6 is 0 Å². The van der Waals surface area contributed by atoms with Crippen molar-refractivity contribution in [2.45, 2.75) is 18.7 Å². The minimum Gasteiger partial charge on any atom is -0.493 e. The fraction of sp³-hybridized carbons (Fsp3) is 0.167. The summed E-state index contributed by atoms with van der Waals surface area (Å²) in [5.74, 6) is 1.44. The van der Waals surface area contributed by atoms with Crippen molar-refractivity contribution in [2.75, 3.05) is 24.3 Å². The Bertz CT molecular complexity index is 1440. The summed E-state index contributed by atoms with van der Waals surface area (Å²) >= 11 is 0. The topological polar surface area (TPSA) is 102 Å². The van der Waals surface area contributed by atoms with Gasteiger partial charge >= 0.3 is 0 Å². The Morgan fingerprint density at radius 1 is 0.758 bits per heavy atom. The Kier molecular flexibility index (Phi) is 6.06. The summed E-state index contributed by atoms with van der Waals surface area (Å²) < 4.78 is 39.5. The van der Waals surface area contributed by atoms with Gasteiger partial charge in [-0.15, -0.1) is 0 Å². The zero-order valence-electron chi connectivity index (χ0n) is 18.7. The Labute approximate surface area is 192 Å². The number of sulfonamides is 1. The lowest BCUT2D eigenvalue weighted by atomic mass is 10.1.